The molecule has 0 radical (unpaired) electrons. The van der Waals surface area contributed by atoms with Gasteiger partial charge in [0.15, 0.2) is 17.3 Å². The average Bonchev–Trinajstić information content (AvgIpc) is 2.69. The largest absolute Gasteiger partial charge is 0.290 e. The number of aromatic nitrogens is 2. The maximum Gasteiger partial charge on any atom is 0.290 e. The lowest BCUT2D eigenvalue weighted by molar-refractivity contribution is 0.0843. The summed E-state index contributed by atoms with van der Waals surface area (Å²) in [5, 5.41) is 4.28. The molecule has 0 fully saturated rings. The maximum atomic E-state index is 13.3. The van der Waals surface area contributed by atoms with Gasteiger partial charge >= 0.3 is 0 Å². The Morgan fingerprint density at radius 2 is 1.68 bits per heavy atom. The number of nitrogens with zero attached hydrogens (tertiary/aromatic N) is 2. The van der Waals surface area contributed by atoms with Crippen LogP contribution in [0.5, 0.6) is 0 Å². The van der Waals surface area contributed by atoms with Crippen molar-refractivity contribution in [1.82, 2.24) is 20.6 Å². The molecule has 2 aromatic carbocycles. The zero-order valence-corrected chi connectivity index (χ0v) is 15.2. The van der Waals surface area contributed by atoms with E-state index in [0.717, 1.165) is 4.68 Å². The number of hydrazine groups is 1. The highest BCUT2D eigenvalue weighted by atomic mass is 35.5. The van der Waals surface area contributed by atoms with Crippen molar-refractivity contribution in [1.29, 1.82) is 0 Å². The van der Waals surface area contributed by atoms with Gasteiger partial charge in [0.25, 0.3) is 17.4 Å². The molecule has 0 aliphatic carbocycles. The molecule has 2 N–H and O–H groups in total. The fourth-order valence-corrected chi connectivity index (χ4v) is 2.79. The first-order valence-electron chi connectivity index (χ1n) is 8.08. The third-order valence-electron chi connectivity index (χ3n) is 3.93. The highest BCUT2D eigenvalue weighted by Gasteiger charge is 2.19. The lowest BCUT2D eigenvalue weighted by atomic mass is 10.1. The van der Waals surface area contributed by atoms with Crippen LogP contribution >= 0.6 is 11.6 Å². The lowest BCUT2D eigenvalue weighted by Gasteiger charge is -2.11. The van der Waals surface area contributed by atoms with E-state index >= 15 is 0 Å². The first-order valence-corrected chi connectivity index (χ1v) is 8.46. The van der Waals surface area contributed by atoms with Gasteiger partial charge in [-0.2, -0.15) is 5.10 Å². The molecule has 28 heavy (non-hydrogen) atoms. The molecule has 2 amide bonds. The van der Waals surface area contributed by atoms with E-state index in [1.165, 1.54) is 0 Å². The first-order chi connectivity index (χ1) is 13.3. The average molecular weight is 407 g/mol. The number of aryl methyl sites for hydroxylation is 1. The second-order valence-corrected chi connectivity index (χ2v) is 6.08. The summed E-state index contributed by atoms with van der Waals surface area (Å²) in [7, 11) is 0. The van der Waals surface area contributed by atoms with Crippen LogP contribution in [0.15, 0.2) is 41.2 Å². The van der Waals surface area contributed by atoms with E-state index in [4.69, 9.17) is 11.6 Å². The Labute approximate surface area is 161 Å². The molecular formula is C18H13ClF2N4O3. The fraction of sp³-hybridized carbons (Fsp3) is 0.111. The van der Waals surface area contributed by atoms with E-state index in [-0.39, 0.29) is 28.4 Å². The fourth-order valence-electron chi connectivity index (χ4n) is 2.55. The number of carbonyl (C=O) groups is 2. The van der Waals surface area contributed by atoms with Crippen LogP contribution in [0.4, 0.5) is 8.78 Å². The predicted molar refractivity (Wildman–Crippen MR) is 98.0 cm³/mol. The minimum Gasteiger partial charge on any atom is -0.267 e. The van der Waals surface area contributed by atoms with Crippen LogP contribution in [0.1, 0.15) is 27.8 Å². The molecule has 1 aromatic heterocycles. The smallest absolute Gasteiger partial charge is 0.267 e. The second kappa shape index (κ2) is 7.73. The quantitative estimate of drug-likeness (QED) is 0.516. The summed E-state index contributed by atoms with van der Waals surface area (Å²) in [6.45, 7) is 1.93. The van der Waals surface area contributed by atoms with Gasteiger partial charge in [-0.05, 0) is 25.1 Å². The van der Waals surface area contributed by atoms with Crippen molar-refractivity contribution in [2.24, 2.45) is 0 Å². The monoisotopic (exact) mass is 406 g/mol. The number of benzene rings is 2. The first kappa shape index (κ1) is 19.4. The standard InChI is InChI=1S/C18H13ClF2N4O3/c1-2-25-18(28)10-6-4-3-5-9(10)15(24-25)17(27)23-22-16(26)11-7-13(20)14(21)8-12(11)19/h3-8H,2H2,1H3,(H,22,26)(H,23,27). The number of carbonyl (C=O) groups excluding carboxylic acids is 2. The van der Waals surface area contributed by atoms with Gasteiger partial charge in [0, 0.05) is 11.9 Å². The van der Waals surface area contributed by atoms with E-state index < -0.39 is 23.4 Å². The van der Waals surface area contributed by atoms with E-state index in [1.807, 2.05) is 0 Å². The zero-order chi connectivity index (χ0) is 20.4. The molecule has 0 spiro atoms. The molecule has 0 aliphatic rings. The Morgan fingerprint density at radius 3 is 2.36 bits per heavy atom. The number of halogens is 3. The summed E-state index contributed by atoms with van der Waals surface area (Å²) in [6, 6.07) is 7.66. The van der Waals surface area contributed by atoms with Gasteiger partial charge in [0.1, 0.15) is 0 Å². The van der Waals surface area contributed by atoms with E-state index in [1.54, 1.807) is 31.2 Å². The zero-order valence-electron chi connectivity index (χ0n) is 14.4. The highest BCUT2D eigenvalue weighted by molar-refractivity contribution is 6.33. The summed E-state index contributed by atoms with van der Waals surface area (Å²) >= 11 is 5.73. The Hall–Kier alpha value is -3.33. The maximum absolute atomic E-state index is 13.3. The summed E-state index contributed by atoms with van der Waals surface area (Å²) in [5.74, 6) is -4.22. The van der Waals surface area contributed by atoms with Crippen molar-refractivity contribution in [3.05, 3.63) is 74.7 Å². The summed E-state index contributed by atoms with van der Waals surface area (Å²) in [4.78, 5) is 36.9. The molecule has 1 heterocycles. The molecule has 0 bridgehead atoms. The van der Waals surface area contributed by atoms with Crippen LogP contribution in [-0.2, 0) is 6.54 Å². The minimum absolute atomic E-state index is 0.0891. The second-order valence-electron chi connectivity index (χ2n) is 5.67. The molecule has 0 unspecified atom stereocenters. The number of nitrogens with one attached hydrogen (secondary N) is 2. The molecule has 3 aromatic rings. The minimum atomic E-state index is -1.26. The molecule has 0 aliphatic heterocycles. The Balaban J connectivity index is 1.88. The van der Waals surface area contributed by atoms with Crippen molar-refractivity contribution in [2.75, 3.05) is 0 Å². The predicted octanol–water partition coefficient (Wildman–Crippen LogP) is 2.42. The molecule has 144 valence electrons. The number of fused-ring (bicyclic) bond motifs is 1. The Bertz CT molecular complexity index is 1160. The van der Waals surface area contributed by atoms with Crippen LogP contribution < -0.4 is 16.4 Å². The van der Waals surface area contributed by atoms with Gasteiger partial charge < -0.3 is 0 Å². The van der Waals surface area contributed by atoms with Crippen molar-refractivity contribution in [3.8, 4) is 0 Å². The van der Waals surface area contributed by atoms with Gasteiger partial charge in [0.05, 0.1) is 16.0 Å². The third-order valence-corrected chi connectivity index (χ3v) is 4.24. The summed E-state index contributed by atoms with van der Waals surface area (Å²) in [6.07, 6.45) is 0. The van der Waals surface area contributed by atoms with E-state index in [0.29, 0.717) is 22.9 Å². The Morgan fingerprint density at radius 1 is 1.07 bits per heavy atom. The molecule has 3 rings (SSSR count). The summed E-state index contributed by atoms with van der Waals surface area (Å²) in [5.41, 5.74) is 3.39. The van der Waals surface area contributed by atoms with E-state index in [2.05, 4.69) is 16.0 Å². The van der Waals surface area contributed by atoms with Crippen molar-refractivity contribution in [2.45, 2.75) is 13.5 Å². The number of hydrogen-bond donors (Lipinski definition) is 2. The van der Waals surface area contributed by atoms with Crippen molar-refractivity contribution in [3.63, 3.8) is 0 Å². The molecule has 10 heteroatoms. The van der Waals surface area contributed by atoms with Gasteiger partial charge in [0.2, 0.25) is 0 Å². The number of hydrogen-bond acceptors (Lipinski definition) is 4. The Kier molecular flexibility index (Phi) is 5.36. The van der Waals surface area contributed by atoms with Crippen molar-refractivity contribution < 1.29 is 18.4 Å². The molecular weight excluding hydrogens is 394 g/mol. The van der Waals surface area contributed by atoms with Crippen molar-refractivity contribution >= 4 is 34.2 Å². The molecule has 0 saturated heterocycles. The molecule has 0 atom stereocenters. The van der Waals surface area contributed by atoms with Gasteiger partial charge in [-0.1, -0.05) is 29.8 Å². The van der Waals surface area contributed by atoms with Gasteiger partial charge in [-0.25, -0.2) is 13.5 Å². The molecule has 7 nitrogen and oxygen atoms in total. The van der Waals surface area contributed by atoms with Gasteiger partial charge in [-0.3, -0.25) is 25.2 Å². The third kappa shape index (κ3) is 3.56. The highest BCUT2D eigenvalue weighted by Crippen LogP contribution is 2.20. The SMILES string of the molecule is CCn1nc(C(=O)NNC(=O)c2cc(F)c(F)cc2Cl)c2ccccc2c1=O. The lowest BCUT2D eigenvalue weighted by Crippen LogP contribution is -2.43. The van der Waals surface area contributed by atoms with Crippen LogP contribution in [0.2, 0.25) is 5.02 Å². The molecule has 0 saturated carbocycles. The van der Waals surface area contributed by atoms with Gasteiger partial charge in [-0.15, -0.1) is 0 Å². The van der Waals surface area contributed by atoms with E-state index in [9.17, 15) is 23.2 Å². The van der Waals surface area contributed by atoms with Crippen LogP contribution in [0.3, 0.4) is 0 Å². The van der Waals surface area contributed by atoms with Crippen LogP contribution in [-0.4, -0.2) is 21.6 Å². The van der Waals surface area contributed by atoms with Crippen LogP contribution in [0, 0.1) is 11.6 Å². The normalized spacial score (nSPS) is 10.7. The number of amides is 2. The van der Waals surface area contributed by atoms with Crippen LogP contribution in [0.25, 0.3) is 10.8 Å². The summed E-state index contributed by atoms with van der Waals surface area (Å²) < 4.78 is 27.6. The topological polar surface area (TPSA) is 93.1 Å². The number of rotatable bonds is 3.